The van der Waals surface area contributed by atoms with Crippen LogP contribution in [0.2, 0.25) is 10.0 Å². The second-order valence-corrected chi connectivity index (χ2v) is 9.51. The first-order valence-corrected chi connectivity index (χ1v) is 11.4. The number of Topliss-reactive ketones (excluding diaryl/α,β-unsaturated/α-hetero) is 1. The van der Waals surface area contributed by atoms with E-state index in [1.807, 2.05) is 0 Å². The first-order chi connectivity index (χ1) is 15.2. The molecule has 0 fully saturated rings. The van der Waals surface area contributed by atoms with Crippen LogP contribution in [0, 0.1) is 0 Å². The van der Waals surface area contributed by atoms with Crippen molar-refractivity contribution in [1.29, 1.82) is 0 Å². The second kappa shape index (κ2) is 8.38. The van der Waals surface area contributed by atoms with E-state index < -0.39 is 33.6 Å². The Labute approximate surface area is 192 Å². The number of carbonyl (C=O) groups excluding carboxylic acids is 1. The highest BCUT2D eigenvalue weighted by Gasteiger charge is 2.26. The third kappa shape index (κ3) is 3.88. The van der Waals surface area contributed by atoms with E-state index in [1.54, 1.807) is 30.3 Å². The lowest BCUT2D eigenvalue weighted by atomic mass is 10.1. The van der Waals surface area contributed by atoms with Crippen molar-refractivity contribution in [3.05, 3.63) is 109 Å². The SMILES string of the molecule is O=C(Cn1c(=O)n(S(=O)(=O)c2ccc(Cl)cc2)c(=O)c2ccc(Cl)cc21)c1ccccc1. The summed E-state index contributed by atoms with van der Waals surface area (Å²) in [4.78, 5) is 38.9. The summed E-state index contributed by atoms with van der Waals surface area (Å²) >= 11 is 11.9. The average molecular weight is 489 g/mol. The van der Waals surface area contributed by atoms with Crippen molar-refractivity contribution in [1.82, 2.24) is 8.54 Å². The van der Waals surface area contributed by atoms with E-state index in [2.05, 4.69) is 0 Å². The Morgan fingerprint density at radius 3 is 2.12 bits per heavy atom. The fourth-order valence-electron chi connectivity index (χ4n) is 3.25. The van der Waals surface area contributed by atoms with E-state index in [-0.39, 0.29) is 29.8 Å². The van der Waals surface area contributed by atoms with Gasteiger partial charge in [0, 0.05) is 15.6 Å². The number of rotatable bonds is 5. The van der Waals surface area contributed by atoms with Gasteiger partial charge in [0.25, 0.3) is 15.6 Å². The first-order valence-electron chi connectivity index (χ1n) is 9.24. The normalized spacial score (nSPS) is 11.6. The lowest BCUT2D eigenvalue weighted by molar-refractivity contribution is 0.0971. The van der Waals surface area contributed by atoms with Crippen molar-refractivity contribution in [3.8, 4) is 0 Å². The fraction of sp³-hybridized carbons (Fsp3) is 0.0455. The number of ketones is 1. The Kier molecular flexibility index (Phi) is 5.77. The summed E-state index contributed by atoms with van der Waals surface area (Å²) in [6.07, 6.45) is 0. The quantitative estimate of drug-likeness (QED) is 0.400. The van der Waals surface area contributed by atoms with Crippen LogP contribution >= 0.6 is 23.2 Å². The number of hydrogen-bond donors (Lipinski definition) is 0. The maximum Gasteiger partial charge on any atom is 0.346 e. The van der Waals surface area contributed by atoms with Crippen molar-refractivity contribution in [2.24, 2.45) is 0 Å². The van der Waals surface area contributed by atoms with E-state index >= 15 is 0 Å². The minimum absolute atomic E-state index is 0.0549. The molecular formula is C22H14Cl2N2O5S. The molecule has 0 saturated carbocycles. The van der Waals surface area contributed by atoms with Crippen LogP contribution in [0.4, 0.5) is 0 Å². The molecule has 0 radical (unpaired) electrons. The predicted octanol–water partition coefficient (Wildman–Crippen LogP) is 3.59. The molecule has 32 heavy (non-hydrogen) atoms. The summed E-state index contributed by atoms with van der Waals surface area (Å²) < 4.78 is 27.5. The zero-order chi connectivity index (χ0) is 23.0. The third-order valence-electron chi connectivity index (χ3n) is 4.82. The largest absolute Gasteiger partial charge is 0.346 e. The van der Waals surface area contributed by atoms with E-state index in [0.29, 0.717) is 5.56 Å². The highest BCUT2D eigenvalue weighted by atomic mass is 35.5. The predicted molar refractivity (Wildman–Crippen MR) is 122 cm³/mol. The van der Waals surface area contributed by atoms with Crippen LogP contribution < -0.4 is 11.2 Å². The van der Waals surface area contributed by atoms with Crippen LogP contribution in [-0.4, -0.2) is 22.7 Å². The van der Waals surface area contributed by atoms with Gasteiger partial charge >= 0.3 is 5.69 Å². The Balaban J connectivity index is 2.00. The molecule has 0 aliphatic heterocycles. The molecule has 162 valence electrons. The van der Waals surface area contributed by atoms with E-state index in [4.69, 9.17) is 23.2 Å². The number of hydrogen-bond acceptors (Lipinski definition) is 5. The number of fused-ring (bicyclic) bond motifs is 1. The Hall–Kier alpha value is -3.20. The molecule has 0 unspecified atom stereocenters. The molecule has 10 heteroatoms. The summed E-state index contributed by atoms with van der Waals surface area (Å²) in [6.45, 7) is -0.490. The van der Waals surface area contributed by atoms with Crippen LogP contribution in [0.15, 0.2) is 87.3 Å². The maximum absolute atomic E-state index is 13.3. The van der Waals surface area contributed by atoms with Crippen LogP contribution in [0.25, 0.3) is 10.9 Å². The highest BCUT2D eigenvalue weighted by Crippen LogP contribution is 2.19. The Bertz CT molecular complexity index is 1580. The number of nitrogens with zero attached hydrogens (tertiary/aromatic N) is 2. The molecule has 4 aromatic rings. The van der Waals surface area contributed by atoms with Gasteiger partial charge in [0.05, 0.1) is 22.3 Å². The second-order valence-electron chi connectivity index (χ2n) is 6.85. The molecule has 1 aromatic heterocycles. The van der Waals surface area contributed by atoms with E-state index in [9.17, 15) is 22.8 Å². The Morgan fingerprint density at radius 2 is 1.47 bits per heavy atom. The van der Waals surface area contributed by atoms with Crippen molar-refractivity contribution in [2.75, 3.05) is 0 Å². The van der Waals surface area contributed by atoms with Gasteiger partial charge in [0.1, 0.15) is 0 Å². The van der Waals surface area contributed by atoms with Gasteiger partial charge in [-0.1, -0.05) is 53.5 Å². The molecule has 0 atom stereocenters. The van der Waals surface area contributed by atoms with Gasteiger partial charge in [-0.3, -0.25) is 14.2 Å². The molecule has 0 amide bonds. The average Bonchev–Trinajstić information content (AvgIpc) is 2.77. The van der Waals surface area contributed by atoms with Gasteiger partial charge < -0.3 is 0 Å². The molecule has 0 aliphatic carbocycles. The van der Waals surface area contributed by atoms with Gasteiger partial charge in [0.15, 0.2) is 5.78 Å². The first kappa shape index (κ1) is 22.0. The standard InChI is InChI=1S/C22H14Cl2N2O5S/c23-15-6-9-17(10-7-15)32(30,31)26-21(28)18-11-8-16(24)12-19(18)25(22(26)29)13-20(27)14-4-2-1-3-5-14/h1-12H,13H2. The molecule has 0 spiro atoms. The molecule has 0 N–H and O–H groups in total. The lowest BCUT2D eigenvalue weighted by Gasteiger charge is -2.14. The number of aromatic nitrogens is 2. The molecule has 0 bridgehead atoms. The monoisotopic (exact) mass is 488 g/mol. The van der Waals surface area contributed by atoms with E-state index in [1.165, 1.54) is 42.5 Å². The minimum atomic E-state index is -4.57. The molecule has 1 heterocycles. The van der Waals surface area contributed by atoms with Crippen molar-refractivity contribution in [3.63, 3.8) is 0 Å². The van der Waals surface area contributed by atoms with Gasteiger partial charge in [-0.05, 0) is 42.5 Å². The topological polar surface area (TPSA) is 95.2 Å². The highest BCUT2D eigenvalue weighted by molar-refractivity contribution is 7.90. The van der Waals surface area contributed by atoms with Gasteiger partial charge in [-0.15, -0.1) is 3.97 Å². The van der Waals surface area contributed by atoms with Gasteiger partial charge in [-0.2, -0.15) is 0 Å². The molecule has 3 aromatic carbocycles. The van der Waals surface area contributed by atoms with Crippen LogP contribution in [0.3, 0.4) is 0 Å². The third-order valence-corrected chi connectivity index (χ3v) is 6.98. The van der Waals surface area contributed by atoms with Crippen molar-refractivity contribution >= 4 is 49.9 Å². The zero-order valence-electron chi connectivity index (χ0n) is 16.2. The number of carbonyl (C=O) groups is 1. The fourth-order valence-corrected chi connectivity index (χ4v) is 4.86. The van der Waals surface area contributed by atoms with Crippen LogP contribution in [0.5, 0.6) is 0 Å². The van der Waals surface area contributed by atoms with Crippen molar-refractivity contribution < 1.29 is 13.2 Å². The van der Waals surface area contributed by atoms with Crippen LogP contribution in [0.1, 0.15) is 10.4 Å². The van der Waals surface area contributed by atoms with Crippen molar-refractivity contribution in [2.45, 2.75) is 11.4 Å². The smallest absolute Gasteiger partial charge is 0.292 e. The van der Waals surface area contributed by atoms with E-state index in [0.717, 1.165) is 4.57 Å². The summed E-state index contributed by atoms with van der Waals surface area (Å²) in [5, 5.41) is 0.429. The van der Waals surface area contributed by atoms with Gasteiger partial charge in [0.2, 0.25) is 0 Å². The summed E-state index contributed by atoms with van der Waals surface area (Å²) in [5.41, 5.74) is -1.84. The maximum atomic E-state index is 13.3. The summed E-state index contributed by atoms with van der Waals surface area (Å²) in [7, 11) is -4.57. The van der Waals surface area contributed by atoms with Crippen LogP contribution in [-0.2, 0) is 16.6 Å². The van der Waals surface area contributed by atoms with Gasteiger partial charge in [-0.25, -0.2) is 13.2 Å². The molecule has 4 rings (SSSR count). The number of benzene rings is 3. The molecular weight excluding hydrogens is 475 g/mol. The minimum Gasteiger partial charge on any atom is -0.292 e. The lowest BCUT2D eigenvalue weighted by Crippen LogP contribution is -2.44. The zero-order valence-corrected chi connectivity index (χ0v) is 18.6. The molecule has 7 nitrogen and oxygen atoms in total. The molecule has 0 saturated heterocycles. The summed E-state index contributed by atoms with van der Waals surface area (Å²) in [5.74, 6) is -0.442. The number of halogens is 2. The summed E-state index contributed by atoms with van der Waals surface area (Å²) in [6, 6.07) is 17.3. The molecule has 0 aliphatic rings. The Morgan fingerprint density at radius 1 is 0.844 bits per heavy atom.